The van der Waals surface area contributed by atoms with E-state index in [1.165, 1.54) is 6.39 Å². The number of nitrogens with zero attached hydrogens (tertiary/aromatic N) is 1. The van der Waals surface area contributed by atoms with E-state index in [1.807, 2.05) is 12.1 Å². The van der Waals surface area contributed by atoms with Gasteiger partial charge in [-0.3, -0.25) is 0 Å². The number of hydrogen-bond acceptors (Lipinski definition) is 4. The van der Waals surface area contributed by atoms with E-state index in [9.17, 15) is 4.79 Å². The van der Waals surface area contributed by atoms with Crippen LogP contribution in [0.2, 0.25) is 5.02 Å². The summed E-state index contributed by atoms with van der Waals surface area (Å²) in [5, 5.41) is 0.597. The summed E-state index contributed by atoms with van der Waals surface area (Å²) in [7, 11) is 0. The summed E-state index contributed by atoms with van der Waals surface area (Å²) in [6, 6.07) is 5.39. The highest BCUT2D eigenvalue weighted by Crippen LogP contribution is 2.28. The number of aromatic nitrogens is 1. The van der Waals surface area contributed by atoms with E-state index in [0.29, 0.717) is 23.0 Å². The van der Waals surface area contributed by atoms with Crippen molar-refractivity contribution in [2.45, 2.75) is 6.92 Å². The lowest BCUT2D eigenvalue weighted by molar-refractivity contribution is 0.0520. The Hall–Kier alpha value is -1.08. The van der Waals surface area contributed by atoms with Gasteiger partial charge in [0.2, 0.25) is 0 Å². The van der Waals surface area contributed by atoms with Gasteiger partial charge in [0.25, 0.3) is 0 Å². The van der Waals surface area contributed by atoms with Crippen molar-refractivity contribution in [1.82, 2.24) is 4.98 Å². The number of esters is 1. The molecule has 0 aliphatic rings. The molecule has 0 N–H and O–H groups in total. The van der Waals surface area contributed by atoms with Crippen molar-refractivity contribution >= 4 is 40.2 Å². The molecule has 2 aromatic rings. The molecule has 0 fully saturated rings. The Morgan fingerprint density at radius 3 is 3.00 bits per heavy atom. The van der Waals surface area contributed by atoms with Crippen LogP contribution in [0.1, 0.15) is 17.4 Å². The summed E-state index contributed by atoms with van der Waals surface area (Å²) in [5.41, 5.74) is 0.857. The van der Waals surface area contributed by atoms with Crippen LogP contribution < -0.4 is 0 Å². The molecule has 0 amide bonds. The fourth-order valence-corrected chi connectivity index (χ4v) is 1.95. The minimum absolute atomic E-state index is 0.161. The molecule has 0 bridgehead atoms. The van der Waals surface area contributed by atoms with Crippen LogP contribution in [-0.4, -0.2) is 17.6 Å². The first-order chi connectivity index (χ1) is 8.63. The van der Waals surface area contributed by atoms with E-state index >= 15 is 0 Å². The molecule has 0 saturated carbocycles. The predicted octanol–water partition coefficient (Wildman–Crippen LogP) is 3.78. The van der Waals surface area contributed by atoms with Crippen molar-refractivity contribution in [3.05, 3.63) is 38.9 Å². The highest BCUT2D eigenvalue weighted by Gasteiger charge is 2.19. The lowest BCUT2D eigenvalue weighted by Crippen LogP contribution is -2.06. The van der Waals surface area contributed by atoms with Crippen molar-refractivity contribution in [1.29, 1.82) is 0 Å². The van der Waals surface area contributed by atoms with Gasteiger partial charge in [0.15, 0.2) is 17.8 Å². The van der Waals surface area contributed by atoms with Crippen LogP contribution in [0, 0.1) is 3.57 Å². The fraction of sp³-hybridized carbons (Fsp3) is 0.167. The average molecular weight is 378 g/mol. The van der Waals surface area contributed by atoms with Crippen LogP contribution in [0.4, 0.5) is 0 Å². The Labute approximate surface area is 122 Å². The van der Waals surface area contributed by atoms with E-state index in [1.54, 1.807) is 13.0 Å². The third kappa shape index (κ3) is 2.67. The molecule has 4 nitrogen and oxygen atoms in total. The highest BCUT2D eigenvalue weighted by molar-refractivity contribution is 14.1. The van der Waals surface area contributed by atoms with E-state index in [4.69, 9.17) is 20.8 Å². The normalized spacial score (nSPS) is 10.4. The minimum atomic E-state index is -0.504. The molecular formula is C12H9ClINO3. The Balaban J connectivity index is 2.42. The quantitative estimate of drug-likeness (QED) is 0.603. The zero-order valence-electron chi connectivity index (χ0n) is 9.44. The Morgan fingerprint density at radius 2 is 2.33 bits per heavy atom. The van der Waals surface area contributed by atoms with E-state index in [2.05, 4.69) is 27.6 Å². The van der Waals surface area contributed by atoms with Crippen molar-refractivity contribution in [3.8, 4) is 11.3 Å². The number of carbonyl (C=O) groups excluding carboxylic acids is 1. The third-order valence-electron chi connectivity index (χ3n) is 2.22. The zero-order chi connectivity index (χ0) is 13.1. The minimum Gasteiger partial charge on any atom is -0.461 e. The first-order valence-corrected chi connectivity index (χ1v) is 6.65. The molecule has 6 heteroatoms. The van der Waals surface area contributed by atoms with Gasteiger partial charge in [-0.15, -0.1) is 0 Å². The van der Waals surface area contributed by atoms with E-state index in [0.717, 1.165) is 3.57 Å². The van der Waals surface area contributed by atoms with Crippen molar-refractivity contribution in [3.63, 3.8) is 0 Å². The summed E-state index contributed by atoms with van der Waals surface area (Å²) in [6.45, 7) is 2.03. The van der Waals surface area contributed by atoms with Gasteiger partial charge in [0.1, 0.15) is 0 Å². The second-order valence-electron chi connectivity index (χ2n) is 3.38. The predicted molar refractivity (Wildman–Crippen MR) is 75.6 cm³/mol. The number of benzene rings is 1. The van der Waals surface area contributed by atoms with Gasteiger partial charge in [0.05, 0.1) is 11.6 Å². The van der Waals surface area contributed by atoms with Gasteiger partial charge in [-0.05, 0) is 47.7 Å². The van der Waals surface area contributed by atoms with Gasteiger partial charge in [-0.1, -0.05) is 11.6 Å². The van der Waals surface area contributed by atoms with E-state index in [-0.39, 0.29) is 5.69 Å². The SMILES string of the molecule is CCOC(=O)c1ncoc1-c1ccc(I)c(Cl)c1. The number of ether oxygens (including phenoxy) is 1. The molecule has 18 heavy (non-hydrogen) atoms. The monoisotopic (exact) mass is 377 g/mol. The summed E-state index contributed by atoms with van der Waals surface area (Å²) < 4.78 is 11.1. The molecule has 0 spiro atoms. The van der Waals surface area contributed by atoms with E-state index < -0.39 is 5.97 Å². The van der Waals surface area contributed by atoms with Crippen molar-refractivity contribution < 1.29 is 13.9 Å². The molecule has 94 valence electrons. The summed E-state index contributed by atoms with van der Waals surface area (Å²) >= 11 is 8.16. The highest BCUT2D eigenvalue weighted by atomic mass is 127. The molecule has 1 aromatic heterocycles. The maximum absolute atomic E-state index is 11.7. The first-order valence-electron chi connectivity index (χ1n) is 5.19. The standard InChI is InChI=1S/C12H9ClINO3/c1-2-17-12(16)10-11(18-6-15-10)7-3-4-9(14)8(13)5-7/h3-6H,2H2,1H3. The van der Waals surface area contributed by atoms with Crippen molar-refractivity contribution in [2.24, 2.45) is 0 Å². The maximum Gasteiger partial charge on any atom is 0.360 e. The molecule has 0 unspecified atom stereocenters. The summed E-state index contributed by atoms with van der Waals surface area (Å²) in [4.78, 5) is 15.5. The third-order valence-corrected chi connectivity index (χ3v) is 3.79. The largest absolute Gasteiger partial charge is 0.461 e. The van der Waals surface area contributed by atoms with Crippen molar-refractivity contribution in [2.75, 3.05) is 6.61 Å². The van der Waals surface area contributed by atoms with Crippen LogP contribution >= 0.6 is 34.2 Å². The molecular weight excluding hydrogens is 368 g/mol. The molecule has 2 rings (SSSR count). The van der Waals surface area contributed by atoms with Gasteiger partial charge >= 0.3 is 5.97 Å². The molecule has 0 saturated heterocycles. The zero-order valence-corrected chi connectivity index (χ0v) is 12.4. The molecule has 0 atom stereocenters. The maximum atomic E-state index is 11.7. The molecule has 0 radical (unpaired) electrons. The molecule has 1 aromatic carbocycles. The molecule has 0 aliphatic heterocycles. The Kier molecular flexibility index (Phi) is 4.23. The van der Waals surface area contributed by atoms with Gasteiger partial charge in [-0.25, -0.2) is 9.78 Å². The van der Waals surface area contributed by atoms with Crippen LogP contribution in [0.3, 0.4) is 0 Å². The number of halogens is 2. The number of oxazole rings is 1. The van der Waals surface area contributed by atoms with Gasteiger partial charge < -0.3 is 9.15 Å². The van der Waals surface area contributed by atoms with Gasteiger partial charge in [0, 0.05) is 9.13 Å². The molecule has 0 aliphatic carbocycles. The van der Waals surface area contributed by atoms with Crippen LogP contribution in [-0.2, 0) is 4.74 Å². The number of carbonyl (C=O) groups is 1. The second-order valence-corrected chi connectivity index (χ2v) is 4.95. The Morgan fingerprint density at radius 1 is 1.56 bits per heavy atom. The second kappa shape index (κ2) is 5.71. The fourth-order valence-electron chi connectivity index (χ4n) is 1.43. The summed E-state index contributed by atoms with van der Waals surface area (Å²) in [6.07, 6.45) is 1.22. The number of hydrogen-bond donors (Lipinski definition) is 0. The van der Waals surface area contributed by atoms with Crippen LogP contribution in [0.15, 0.2) is 29.0 Å². The lowest BCUT2D eigenvalue weighted by Gasteiger charge is -2.03. The average Bonchev–Trinajstić information content (AvgIpc) is 2.82. The number of rotatable bonds is 3. The van der Waals surface area contributed by atoms with Crippen LogP contribution in [0.25, 0.3) is 11.3 Å². The van der Waals surface area contributed by atoms with Crippen LogP contribution in [0.5, 0.6) is 0 Å². The topological polar surface area (TPSA) is 52.3 Å². The first kappa shape index (κ1) is 13.4. The van der Waals surface area contributed by atoms with Gasteiger partial charge in [-0.2, -0.15) is 0 Å². The smallest absolute Gasteiger partial charge is 0.360 e. The molecule has 1 heterocycles. The lowest BCUT2D eigenvalue weighted by atomic mass is 10.1. The summed E-state index contributed by atoms with van der Waals surface area (Å²) in [5.74, 6) is -0.136. The Bertz CT molecular complexity index is 582.